The Hall–Kier alpha value is -1.07. The summed E-state index contributed by atoms with van der Waals surface area (Å²) >= 11 is 3.50. The summed E-state index contributed by atoms with van der Waals surface area (Å²) in [5, 5.41) is 0. The Kier molecular flexibility index (Phi) is 4.16. The lowest BCUT2D eigenvalue weighted by molar-refractivity contribution is 0.143. The number of nitrogens with zero attached hydrogens (tertiary/aromatic N) is 2. The lowest BCUT2D eigenvalue weighted by Crippen LogP contribution is -2.22. The van der Waals surface area contributed by atoms with Gasteiger partial charge in [-0.25, -0.2) is 4.98 Å². The molecule has 2 rings (SSSR count). The predicted molar refractivity (Wildman–Crippen MR) is 82.1 cm³/mol. The number of imidazole rings is 1. The Morgan fingerprint density at radius 3 is 2.84 bits per heavy atom. The zero-order chi connectivity index (χ0) is 14.0. The number of hydrogen-bond donors (Lipinski definition) is 1. The van der Waals surface area contributed by atoms with E-state index in [2.05, 4.69) is 45.4 Å². The van der Waals surface area contributed by atoms with E-state index < -0.39 is 0 Å². The third-order valence-corrected chi connectivity index (χ3v) is 3.80. The number of fused-ring (bicyclic) bond motifs is 1. The van der Waals surface area contributed by atoms with Crippen molar-refractivity contribution >= 4 is 32.9 Å². The van der Waals surface area contributed by atoms with E-state index >= 15 is 0 Å². The van der Waals surface area contributed by atoms with Gasteiger partial charge < -0.3 is 15.0 Å². The van der Waals surface area contributed by atoms with Crippen molar-refractivity contribution < 1.29 is 4.74 Å². The Morgan fingerprint density at radius 1 is 1.42 bits per heavy atom. The zero-order valence-corrected chi connectivity index (χ0v) is 13.2. The smallest absolute Gasteiger partial charge is 0.201 e. The van der Waals surface area contributed by atoms with Gasteiger partial charge in [0.1, 0.15) is 0 Å². The summed E-state index contributed by atoms with van der Waals surface area (Å²) < 4.78 is 8.29. The van der Waals surface area contributed by atoms with Crippen LogP contribution in [0.4, 0.5) is 5.95 Å². The molecular weight excluding hydrogens is 306 g/mol. The van der Waals surface area contributed by atoms with Gasteiger partial charge in [0.25, 0.3) is 0 Å². The molecule has 0 aliphatic rings. The maximum absolute atomic E-state index is 6.04. The Balaban J connectivity index is 2.34. The lowest BCUT2D eigenvalue weighted by Gasteiger charge is -2.25. The van der Waals surface area contributed by atoms with E-state index in [1.165, 1.54) is 0 Å². The van der Waals surface area contributed by atoms with Crippen molar-refractivity contribution in [1.29, 1.82) is 0 Å². The molecule has 0 atom stereocenters. The Labute approximate surface area is 122 Å². The molecule has 0 aliphatic heterocycles. The summed E-state index contributed by atoms with van der Waals surface area (Å²) in [5.74, 6) is 0.568. The van der Waals surface area contributed by atoms with Crippen LogP contribution in [0.25, 0.3) is 11.0 Å². The van der Waals surface area contributed by atoms with Crippen molar-refractivity contribution in [2.75, 3.05) is 19.5 Å². The molecule has 104 valence electrons. The third-order valence-electron chi connectivity index (χ3n) is 3.31. The van der Waals surface area contributed by atoms with Crippen LogP contribution in [0.5, 0.6) is 0 Å². The van der Waals surface area contributed by atoms with Crippen molar-refractivity contribution in [2.24, 2.45) is 5.41 Å². The second-order valence-corrected chi connectivity index (χ2v) is 6.51. The maximum Gasteiger partial charge on any atom is 0.201 e. The van der Waals surface area contributed by atoms with Crippen LogP contribution in [0.15, 0.2) is 22.7 Å². The molecule has 0 bridgehead atoms. The van der Waals surface area contributed by atoms with Crippen molar-refractivity contribution in [3.8, 4) is 0 Å². The summed E-state index contributed by atoms with van der Waals surface area (Å²) in [6, 6.07) is 6.02. The third kappa shape index (κ3) is 3.28. The van der Waals surface area contributed by atoms with Gasteiger partial charge in [0, 0.05) is 24.7 Å². The van der Waals surface area contributed by atoms with Crippen LogP contribution in [0.3, 0.4) is 0 Å². The summed E-state index contributed by atoms with van der Waals surface area (Å²) in [4.78, 5) is 4.41. The minimum Gasteiger partial charge on any atom is -0.385 e. The van der Waals surface area contributed by atoms with Crippen molar-refractivity contribution in [2.45, 2.75) is 26.8 Å². The van der Waals surface area contributed by atoms with E-state index in [1.54, 1.807) is 7.11 Å². The summed E-state index contributed by atoms with van der Waals surface area (Å²) in [6.07, 6.45) is 0.983. The van der Waals surface area contributed by atoms with Crippen LogP contribution in [-0.2, 0) is 11.3 Å². The van der Waals surface area contributed by atoms with Gasteiger partial charge in [0.05, 0.1) is 11.0 Å². The van der Waals surface area contributed by atoms with Crippen LogP contribution in [0.2, 0.25) is 0 Å². The average molecular weight is 326 g/mol. The van der Waals surface area contributed by atoms with Crippen LogP contribution in [-0.4, -0.2) is 23.3 Å². The SMILES string of the molecule is COCCC(C)(C)Cn1c(N)nc2ccc(Br)cc21. The van der Waals surface area contributed by atoms with Gasteiger partial charge in [-0.05, 0) is 30.0 Å². The van der Waals surface area contributed by atoms with E-state index in [4.69, 9.17) is 10.5 Å². The van der Waals surface area contributed by atoms with Crippen molar-refractivity contribution in [3.63, 3.8) is 0 Å². The molecule has 0 aliphatic carbocycles. The van der Waals surface area contributed by atoms with Gasteiger partial charge in [-0.3, -0.25) is 0 Å². The molecule has 0 saturated carbocycles. The fraction of sp³-hybridized carbons (Fsp3) is 0.500. The first kappa shape index (κ1) is 14.3. The number of anilines is 1. The molecule has 1 heterocycles. The van der Waals surface area contributed by atoms with Crippen molar-refractivity contribution in [1.82, 2.24) is 9.55 Å². The fourth-order valence-corrected chi connectivity index (χ4v) is 2.52. The van der Waals surface area contributed by atoms with Gasteiger partial charge in [-0.15, -0.1) is 0 Å². The van der Waals surface area contributed by atoms with Gasteiger partial charge >= 0.3 is 0 Å². The van der Waals surface area contributed by atoms with E-state index in [1.807, 2.05) is 12.1 Å². The minimum atomic E-state index is 0.111. The standard InChI is InChI=1S/C14H20BrN3O/c1-14(2,6-7-19-3)9-18-12-8-10(15)4-5-11(12)17-13(18)16/h4-5,8H,6-7,9H2,1-3H3,(H2,16,17). The number of hydrogen-bond acceptors (Lipinski definition) is 3. The largest absolute Gasteiger partial charge is 0.385 e. The number of methoxy groups -OCH3 is 1. The van der Waals surface area contributed by atoms with Gasteiger partial charge in [0.15, 0.2) is 0 Å². The summed E-state index contributed by atoms with van der Waals surface area (Å²) in [7, 11) is 1.73. The second kappa shape index (κ2) is 5.51. The number of ether oxygens (including phenoxy) is 1. The molecule has 4 nitrogen and oxygen atoms in total. The molecular formula is C14H20BrN3O. The van der Waals surface area contributed by atoms with Gasteiger partial charge in [0.2, 0.25) is 5.95 Å². The van der Waals surface area contributed by atoms with E-state index in [0.717, 1.165) is 35.1 Å². The quantitative estimate of drug-likeness (QED) is 0.916. The number of halogens is 1. The maximum atomic E-state index is 6.04. The van der Waals surface area contributed by atoms with E-state index in [-0.39, 0.29) is 5.41 Å². The number of nitrogen functional groups attached to an aromatic ring is 1. The molecule has 0 unspecified atom stereocenters. The molecule has 2 N–H and O–H groups in total. The van der Waals surface area contributed by atoms with Crippen molar-refractivity contribution in [3.05, 3.63) is 22.7 Å². The summed E-state index contributed by atoms with van der Waals surface area (Å²) in [6.45, 7) is 6.02. The minimum absolute atomic E-state index is 0.111. The Morgan fingerprint density at radius 2 is 2.16 bits per heavy atom. The highest BCUT2D eigenvalue weighted by Crippen LogP contribution is 2.28. The number of nitrogens with two attached hydrogens (primary N) is 1. The molecule has 0 radical (unpaired) electrons. The highest BCUT2D eigenvalue weighted by Gasteiger charge is 2.21. The number of rotatable bonds is 5. The number of aromatic nitrogens is 2. The van der Waals surface area contributed by atoms with E-state index in [0.29, 0.717) is 5.95 Å². The molecule has 0 spiro atoms. The van der Waals surface area contributed by atoms with Gasteiger partial charge in [-0.1, -0.05) is 29.8 Å². The molecule has 5 heteroatoms. The zero-order valence-electron chi connectivity index (χ0n) is 11.6. The van der Waals surface area contributed by atoms with Crippen LogP contribution in [0.1, 0.15) is 20.3 Å². The molecule has 2 aromatic rings. The summed E-state index contributed by atoms with van der Waals surface area (Å²) in [5.41, 5.74) is 8.16. The number of benzene rings is 1. The highest BCUT2D eigenvalue weighted by atomic mass is 79.9. The first-order chi connectivity index (χ1) is 8.93. The average Bonchev–Trinajstić information content (AvgIpc) is 2.63. The molecule has 1 aromatic carbocycles. The van der Waals surface area contributed by atoms with Crippen LogP contribution >= 0.6 is 15.9 Å². The predicted octanol–water partition coefficient (Wildman–Crippen LogP) is 3.44. The molecule has 19 heavy (non-hydrogen) atoms. The fourth-order valence-electron chi connectivity index (χ4n) is 2.17. The molecule has 1 aromatic heterocycles. The molecule has 0 saturated heterocycles. The highest BCUT2D eigenvalue weighted by molar-refractivity contribution is 9.10. The lowest BCUT2D eigenvalue weighted by atomic mass is 9.89. The monoisotopic (exact) mass is 325 g/mol. The van der Waals surface area contributed by atoms with Crippen LogP contribution < -0.4 is 5.73 Å². The normalized spacial score (nSPS) is 12.2. The second-order valence-electron chi connectivity index (χ2n) is 5.60. The van der Waals surface area contributed by atoms with Crippen LogP contribution in [0, 0.1) is 5.41 Å². The first-order valence-corrected chi connectivity index (χ1v) is 7.12. The van der Waals surface area contributed by atoms with Gasteiger partial charge in [-0.2, -0.15) is 0 Å². The topological polar surface area (TPSA) is 53.1 Å². The first-order valence-electron chi connectivity index (χ1n) is 6.33. The molecule has 0 amide bonds. The van der Waals surface area contributed by atoms with E-state index in [9.17, 15) is 0 Å². The molecule has 0 fully saturated rings. The Bertz CT molecular complexity index is 577.